The Bertz CT molecular complexity index is 205. The quantitative estimate of drug-likeness (QED) is 0.487. The average molecular weight is 212 g/mol. The van der Waals surface area contributed by atoms with Crippen LogP contribution in [0.1, 0.15) is 59.3 Å². The van der Waals surface area contributed by atoms with Crippen LogP contribution in [0.15, 0.2) is 11.6 Å². The number of carboxylic acids is 1. The van der Waals surface area contributed by atoms with Gasteiger partial charge in [0.1, 0.15) is 0 Å². The molecule has 0 rings (SSSR count). The van der Waals surface area contributed by atoms with Crippen LogP contribution in [0.5, 0.6) is 0 Å². The number of rotatable bonds is 8. The fraction of sp³-hybridized carbons (Fsp3) is 0.769. The fourth-order valence-electron chi connectivity index (χ4n) is 1.59. The van der Waals surface area contributed by atoms with Crippen LogP contribution in [-0.2, 0) is 4.79 Å². The molecule has 88 valence electrons. The molecule has 2 heteroatoms. The van der Waals surface area contributed by atoms with Gasteiger partial charge >= 0.3 is 5.97 Å². The summed E-state index contributed by atoms with van der Waals surface area (Å²) in [6.07, 6.45) is 8.47. The van der Waals surface area contributed by atoms with Crippen molar-refractivity contribution in [3.63, 3.8) is 0 Å². The lowest BCUT2D eigenvalue weighted by Gasteiger charge is -2.04. The third-order valence-corrected chi connectivity index (χ3v) is 2.47. The Balaban J connectivity index is 3.35. The Morgan fingerprint density at radius 3 is 2.33 bits per heavy atom. The van der Waals surface area contributed by atoms with Gasteiger partial charge in [-0.15, -0.1) is 0 Å². The molecule has 0 fully saturated rings. The molecule has 0 atom stereocenters. The summed E-state index contributed by atoms with van der Waals surface area (Å²) in [5.74, 6) is -0.0223. The van der Waals surface area contributed by atoms with E-state index in [0.717, 1.165) is 24.3 Å². The minimum absolute atomic E-state index is 0.804. The van der Waals surface area contributed by atoms with E-state index in [1.165, 1.54) is 31.8 Å². The molecule has 0 saturated carbocycles. The highest BCUT2D eigenvalue weighted by atomic mass is 16.4. The van der Waals surface area contributed by atoms with Gasteiger partial charge in [-0.2, -0.15) is 0 Å². The normalized spacial score (nSPS) is 12.1. The van der Waals surface area contributed by atoms with Crippen molar-refractivity contribution >= 4 is 5.97 Å². The summed E-state index contributed by atoms with van der Waals surface area (Å²) in [7, 11) is 0. The summed E-state index contributed by atoms with van der Waals surface area (Å²) in [4.78, 5) is 10.3. The SMILES string of the molecule is CC(=CC(=O)O)CCCCCCC(C)C. The zero-order chi connectivity index (χ0) is 11.7. The smallest absolute Gasteiger partial charge is 0.328 e. The van der Waals surface area contributed by atoms with Crippen LogP contribution < -0.4 is 0 Å². The molecular formula is C13H24O2. The molecule has 0 amide bonds. The lowest BCUT2D eigenvalue weighted by atomic mass is 10.0. The first-order chi connectivity index (χ1) is 7.02. The molecule has 1 N–H and O–H groups in total. The number of allylic oxidation sites excluding steroid dienone is 1. The molecular weight excluding hydrogens is 188 g/mol. The Hall–Kier alpha value is -0.790. The molecule has 0 aliphatic carbocycles. The average Bonchev–Trinajstić information content (AvgIpc) is 2.09. The van der Waals surface area contributed by atoms with Crippen molar-refractivity contribution in [1.82, 2.24) is 0 Å². The summed E-state index contributed by atoms with van der Waals surface area (Å²) >= 11 is 0. The van der Waals surface area contributed by atoms with Crippen molar-refractivity contribution in [2.45, 2.75) is 59.3 Å². The largest absolute Gasteiger partial charge is 0.478 e. The van der Waals surface area contributed by atoms with Crippen molar-refractivity contribution in [3.05, 3.63) is 11.6 Å². The van der Waals surface area contributed by atoms with E-state index in [9.17, 15) is 4.79 Å². The van der Waals surface area contributed by atoms with Gasteiger partial charge in [0.2, 0.25) is 0 Å². The second kappa shape index (κ2) is 8.51. The molecule has 0 aromatic heterocycles. The highest BCUT2D eigenvalue weighted by Gasteiger charge is 1.96. The van der Waals surface area contributed by atoms with Gasteiger partial charge in [-0.25, -0.2) is 4.79 Å². The number of aliphatic carboxylic acids is 1. The summed E-state index contributed by atoms with van der Waals surface area (Å²) in [5, 5.41) is 8.51. The molecule has 2 nitrogen and oxygen atoms in total. The molecule has 0 radical (unpaired) electrons. The molecule has 0 aromatic rings. The number of carbonyl (C=O) groups is 1. The van der Waals surface area contributed by atoms with Crippen LogP contribution in [0.4, 0.5) is 0 Å². The van der Waals surface area contributed by atoms with E-state index >= 15 is 0 Å². The van der Waals surface area contributed by atoms with Gasteiger partial charge < -0.3 is 5.11 Å². The van der Waals surface area contributed by atoms with E-state index in [1.54, 1.807) is 0 Å². The fourth-order valence-corrected chi connectivity index (χ4v) is 1.59. The van der Waals surface area contributed by atoms with Crippen LogP contribution in [-0.4, -0.2) is 11.1 Å². The Labute approximate surface area is 93.4 Å². The van der Waals surface area contributed by atoms with Gasteiger partial charge in [0.15, 0.2) is 0 Å². The maximum Gasteiger partial charge on any atom is 0.328 e. The Kier molecular flexibility index (Phi) is 8.06. The molecule has 15 heavy (non-hydrogen) atoms. The summed E-state index contributed by atoms with van der Waals surface area (Å²) in [6, 6.07) is 0. The molecule has 0 saturated heterocycles. The van der Waals surface area contributed by atoms with E-state index in [0.29, 0.717) is 0 Å². The molecule has 0 heterocycles. The summed E-state index contributed by atoms with van der Waals surface area (Å²) in [5.41, 5.74) is 0.978. The first kappa shape index (κ1) is 14.2. The van der Waals surface area contributed by atoms with E-state index in [2.05, 4.69) is 13.8 Å². The van der Waals surface area contributed by atoms with Crippen molar-refractivity contribution < 1.29 is 9.90 Å². The number of hydrogen-bond donors (Lipinski definition) is 1. The molecule has 0 spiro atoms. The third kappa shape index (κ3) is 11.1. The van der Waals surface area contributed by atoms with Gasteiger partial charge in [0.05, 0.1) is 0 Å². The number of unbranched alkanes of at least 4 members (excludes halogenated alkanes) is 3. The van der Waals surface area contributed by atoms with Gasteiger partial charge in [-0.3, -0.25) is 0 Å². The minimum Gasteiger partial charge on any atom is -0.478 e. The molecule has 0 unspecified atom stereocenters. The highest BCUT2D eigenvalue weighted by Crippen LogP contribution is 2.12. The molecule has 0 aromatic carbocycles. The zero-order valence-electron chi connectivity index (χ0n) is 10.3. The van der Waals surface area contributed by atoms with E-state index in [4.69, 9.17) is 5.11 Å². The van der Waals surface area contributed by atoms with Gasteiger partial charge in [-0.05, 0) is 25.7 Å². The number of carboxylic acid groups (broad SMARTS) is 1. The Morgan fingerprint density at radius 2 is 1.80 bits per heavy atom. The van der Waals surface area contributed by atoms with Gasteiger partial charge in [0.25, 0.3) is 0 Å². The van der Waals surface area contributed by atoms with E-state index in [1.807, 2.05) is 6.92 Å². The summed E-state index contributed by atoms with van der Waals surface area (Å²) in [6.45, 7) is 6.39. The minimum atomic E-state index is -0.827. The van der Waals surface area contributed by atoms with Crippen molar-refractivity contribution in [3.8, 4) is 0 Å². The van der Waals surface area contributed by atoms with Crippen molar-refractivity contribution in [2.75, 3.05) is 0 Å². The van der Waals surface area contributed by atoms with Crippen LogP contribution >= 0.6 is 0 Å². The number of hydrogen-bond acceptors (Lipinski definition) is 1. The topological polar surface area (TPSA) is 37.3 Å². The first-order valence-electron chi connectivity index (χ1n) is 5.92. The van der Waals surface area contributed by atoms with Crippen LogP contribution in [0, 0.1) is 5.92 Å². The predicted octanol–water partition coefficient (Wildman–Crippen LogP) is 4.01. The maximum absolute atomic E-state index is 10.3. The molecule has 0 aliphatic heterocycles. The van der Waals surface area contributed by atoms with Crippen LogP contribution in [0.25, 0.3) is 0 Å². The lowest BCUT2D eigenvalue weighted by Crippen LogP contribution is -1.91. The standard InChI is InChI=1S/C13H24O2/c1-11(2)8-6-4-5-7-9-12(3)10-13(14)15/h10-11H,4-9H2,1-3H3,(H,14,15). The van der Waals surface area contributed by atoms with Gasteiger partial charge in [-0.1, -0.05) is 45.1 Å². The van der Waals surface area contributed by atoms with E-state index in [-0.39, 0.29) is 0 Å². The second-order valence-corrected chi connectivity index (χ2v) is 4.68. The molecule has 0 bridgehead atoms. The maximum atomic E-state index is 10.3. The van der Waals surface area contributed by atoms with Crippen molar-refractivity contribution in [1.29, 1.82) is 0 Å². The lowest BCUT2D eigenvalue weighted by molar-refractivity contribution is -0.131. The highest BCUT2D eigenvalue weighted by molar-refractivity contribution is 5.80. The zero-order valence-corrected chi connectivity index (χ0v) is 10.3. The van der Waals surface area contributed by atoms with Crippen molar-refractivity contribution in [2.24, 2.45) is 5.92 Å². The second-order valence-electron chi connectivity index (χ2n) is 4.68. The molecule has 0 aliphatic rings. The van der Waals surface area contributed by atoms with Gasteiger partial charge in [0, 0.05) is 6.08 Å². The Morgan fingerprint density at radius 1 is 1.20 bits per heavy atom. The third-order valence-electron chi connectivity index (χ3n) is 2.47. The van der Waals surface area contributed by atoms with E-state index < -0.39 is 5.97 Å². The summed E-state index contributed by atoms with van der Waals surface area (Å²) < 4.78 is 0. The monoisotopic (exact) mass is 212 g/mol. The predicted molar refractivity (Wildman–Crippen MR) is 63.9 cm³/mol. The first-order valence-corrected chi connectivity index (χ1v) is 5.92. The van der Waals surface area contributed by atoms with Crippen LogP contribution in [0.3, 0.4) is 0 Å². The van der Waals surface area contributed by atoms with Crippen LogP contribution in [0.2, 0.25) is 0 Å².